The van der Waals surface area contributed by atoms with Gasteiger partial charge < -0.3 is 5.73 Å². The predicted octanol–water partition coefficient (Wildman–Crippen LogP) is 4.00. The molecule has 1 aliphatic rings. The molecule has 0 saturated heterocycles. The van der Waals surface area contributed by atoms with Crippen molar-refractivity contribution in [2.75, 3.05) is 5.73 Å². The fraction of sp³-hybridized carbons (Fsp3) is 0.769. The second kappa shape index (κ2) is 5.17. The molecule has 2 nitrogen and oxygen atoms in total. The first-order chi connectivity index (χ1) is 7.54. The van der Waals surface area contributed by atoms with Crippen molar-refractivity contribution in [2.24, 2.45) is 5.92 Å². The standard InChI is InChI=1S/C11H18N2S.C2H6/c1-7(2)11(3)6-4-5-8-9(11)13-10(12)14-8;1-2/h7H,4-6H2,1-3H3,(H2,12,13);1-2H3. The third-order valence-electron chi connectivity index (χ3n) is 3.63. The maximum atomic E-state index is 5.79. The molecule has 16 heavy (non-hydrogen) atoms. The molecule has 1 aromatic heterocycles. The van der Waals surface area contributed by atoms with Gasteiger partial charge in [-0.3, -0.25) is 0 Å². The number of thiazole rings is 1. The zero-order valence-electron chi connectivity index (χ0n) is 11.1. The molecule has 0 radical (unpaired) electrons. The van der Waals surface area contributed by atoms with Gasteiger partial charge in [0.05, 0.1) is 5.69 Å². The van der Waals surface area contributed by atoms with E-state index in [1.54, 1.807) is 11.3 Å². The van der Waals surface area contributed by atoms with Crippen LogP contribution in [0.15, 0.2) is 0 Å². The van der Waals surface area contributed by atoms with Gasteiger partial charge in [-0.15, -0.1) is 11.3 Å². The van der Waals surface area contributed by atoms with E-state index in [1.807, 2.05) is 13.8 Å². The van der Waals surface area contributed by atoms with E-state index in [1.165, 1.54) is 29.8 Å². The summed E-state index contributed by atoms with van der Waals surface area (Å²) in [7, 11) is 0. The van der Waals surface area contributed by atoms with Gasteiger partial charge in [-0.25, -0.2) is 4.98 Å². The van der Waals surface area contributed by atoms with E-state index < -0.39 is 0 Å². The molecule has 3 heteroatoms. The van der Waals surface area contributed by atoms with Gasteiger partial charge in [0.1, 0.15) is 0 Å². The Morgan fingerprint density at radius 3 is 2.56 bits per heavy atom. The zero-order chi connectivity index (χ0) is 12.3. The number of nitrogen functional groups attached to an aromatic ring is 1. The summed E-state index contributed by atoms with van der Waals surface area (Å²) in [6.45, 7) is 10.9. The maximum Gasteiger partial charge on any atom is 0.180 e. The molecule has 0 saturated carbocycles. The molecule has 1 aromatic rings. The molecule has 1 atom stereocenters. The Morgan fingerprint density at radius 2 is 2.00 bits per heavy atom. The first-order valence-electron chi connectivity index (χ1n) is 6.29. The summed E-state index contributed by atoms with van der Waals surface area (Å²) in [6, 6.07) is 0. The van der Waals surface area contributed by atoms with Crippen molar-refractivity contribution in [3.05, 3.63) is 10.6 Å². The quantitative estimate of drug-likeness (QED) is 0.805. The van der Waals surface area contributed by atoms with E-state index in [-0.39, 0.29) is 5.41 Å². The van der Waals surface area contributed by atoms with Crippen molar-refractivity contribution in [1.82, 2.24) is 4.98 Å². The molecular formula is C13H24N2S. The van der Waals surface area contributed by atoms with Crippen LogP contribution in [0.25, 0.3) is 0 Å². The number of rotatable bonds is 1. The largest absolute Gasteiger partial charge is 0.375 e. The van der Waals surface area contributed by atoms with E-state index in [2.05, 4.69) is 25.8 Å². The topological polar surface area (TPSA) is 38.9 Å². The number of fused-ring (bicyclic) bond motifs is 1. The summed E-state index contributed by atoms with van der Waals surface area (Å²) < 4.78 is 0. The van der Waals surface area contributed by atoms with Crippen LogP contribution in [-0.2, 0) is 11.8 Å². The van der Waals surface area contributed by atoms with Crippen LogP contribution in [0.3, 0.4) is 0 Å². The van der Waals surface area contributed by atoms with Crippen LogP contribution in [0, 0.1) is 5.92 Å². The molecule has 2 rings (SSSR count). The molecule has 0 aliphatic heterocycles. The van der Waals surface area contributed by atoms with Crippen LogP contribution in [0.4, 0.5) is 5.13 Å². The molecule has 0 aromatic carbocycles. The third kappa shape index (κ3) is 2.24. The highest BCUT2D eigenvalue weighted by atomic mass is 32.1. The summed E-state index contributed by atoms with van der Waals surface area (Å²) in [6.07, 6.45) is 3.71. The molecule has 1 heterocycles. The summed E-state index contributed by atoms with van der Waals surface area (Å²) in [4.78, 5) is 5.94. The fourth-order valence-corrected chi connectivity index (χ4v) is 3.29. The van der Waals surface area contributed by atoms with E-state index in [9.17, 15) is 0 Å². The molecule has 0 bridgehead atoms. The van der Waals surface area contributed by atoms with Crippen molar-refractivity contribution in [2.45, 2.75) is 59.3 Å². The minimum atomic E-state index is 0.252. The smallest absolute Gasteiger partial charge is 0.180 e. The highest BCUT2D eigenvalue weighted by molar-refractivity contribution is 7.15. The Morgan fingerprint density at radius 1 is 1.38 bits per heavy atom. The second-order valence-electron chi connectivity index (χ2n) is 4.75. The number of hydrogen-bond acceptors (Lipinski definition) is 3. The van der Waals surface area contributed by atoms with Crippen molar-refractivity contribution in [3.63, 3.8) is 0 Å². The summed E-state index contributed by atoms with van der Waals surface area (Å²) in [5, 5.41) is 0.740. The first kappa shape index (κ1) is 13.5. The summed E-state index contributed by atoms with van der Waals surface area (Å²) in [5.74, 6) is 0.642. The predicted molar refractivity (Wildman–Crippen MR) is 73.0 cm³/mol. The molecule has 92 valence electrons. The van der Waals surface area contributed by atoms with Crippen molar-refractivity contribution in [1.29, 1.82) is 0 Å². The van der Waals surface area contributed by atoms with Crippen LogP contribution < -0.4 is 5.73 Å². The SMILES string of the molecule is CC.CC(C)C1(C)CCCc2sc(N)nc21. The Balaban J connectivity index is 0.000000606. The molecule has 2 N–H and O–H groups in total. The van der Waals surface area contributed by atoms with Crippen LogP contribution >= 0.6 is 11.3 Å². The molecule has 0 amide bonds. The number of nitrogens with zero attached hydrogens (tertiary/aromatic N) is 1. The van der Waals surface area contributed by atoms with E-state index >= 15 is 0 Å². The number of aromatic nitrogens is 1. The lowest BCUT2D eigenvalue weighted by Gasteiger charge is -2.36. The highest BCUT2D eigenvalue weighted by Crippen LogP contribution is 2.44. The van der Waals surface area contributed by atoms with Crippen LogP contribution in [0.2, 0.25) is 0 Å². The van der Waals surface area contributed by atoms with Gasteiger partial charge in [0.25, 0.3) is 0 Å². The van der Waals surface area contributed by atoms with Gasteiger partial charge in [-0.1, -0.05) is 34.6 Å². The highest BCUT2D eigenvalue weighted by Gasteiger charge is 2.37. The van der Waals surface area contributed by atoms with Gasteiger partial charge in [-0.2, -0.15) is 0 Å². The summed E-state index contributed by atoms with van der Waals surface area (Å²) >= 11 is 1.68. The number of aryl methyl sites for hydroxylation is 1. The Bertz CT molecular complexity index is 344. The van der Waals surface area contributed by atoms with E-state index in [0.29, 0.717) is 5.92 Å². The fourth-order valence-electron chi connectivity index (χ4n) is 2.28. The Labute approximate surface area is 103 Å². The average Bonchev–Trinajstić information content (AvgIpc) is 2.63. The van der Waals surface area contributed by atoms with Gasteiger partial charge in [0.15, 0.2) is 5.13 Å². The summed E-state index contributed by atoms with van der Waals surface area (Å²) in [5.41, 5.74) is 7.32. The van der Waals surface area contributed by atoms with Gasteiger partial charge in [0, 0.05) is 10.3 Å². The van der Waals surface area contributed by atoms with Crippen LogP contribution in [0.5, 0.6) is 0 Å². The average molecular weight is 240 g/mol. The Kier molecular flexibility index (Phi) is 4.36. The Hall–Kier alpha value is -0.570. The third-order valence-corrected chi connectivity index (χ3v) is 4.57. The number of nitrogens with two attached hydrogens (primary N) is 1. The van der Waals surface area contributed by atoms with Gasteiger partial charge in [-0.05, 0) is 25.2 Å². The molecule has 1 aliphatic carbocycles. The lowest BCUT2D eigenvalue weighted by Crippen LogP contribution is -2.32. The van der Waals surface area contributed by atoms with Crippen molar-refractivity contribution in [3.8, 4) is 0 Å². The monoisotopic (exact) mass is 240 g/mol. The molecule has 1 unspecified atom stereocenters. The molecule has 0 fully saturated rings. The van der Waals surface area contributed by atoms with Gasteiger partial charge >= 0.3 is 0 Å². The van der Waals surface area contributed by atoms with E-state index in [4.69, 9.17) is 5.73 Å². The van der Waals surface area contributed by atoms with Crippen LogP contribution in [-0.4, -0.2) is 4.98 Å². The first-order valence-corrected chi connectivity index (χ1v) is 7.11. The zero-order valence-corrected chi connectivity index (χ0v) is 11.9. The number of hydrogen-bond donors (Lipinski definition) is 1. The lowest BCUT2D eigenvalue weighted by molar-refractivity contribution is 0.285. The molecule has 0 spiro atoms. The minimum absolute atomic E-state index is 0.252. The lowest BCUT2D eigenvalue weighted by atomic mass is 9.69. The second-order valence-corrected chi connectivity index (χ2v) is 5.86. The van der Waals surface area contributed by atoms with Crippen molar-refractivity contribution < 1.29 is 0 Å². The van der Waals surface area contributed by atoms with Crippen molar-refractivity contribution >= 4 is 16.5 Å². The van der Waals surface area contributed by atoms with E-state index in [0.717, 1.165) is 5.13 Å². The number of anilines is 1. The maximum absolute atomic E-state index is 5.79. The minimum Gasteiger partial charge on any atom is -0.375 e. The van der Waals surface area contributed by atoms with Crippen LogP contribution in [0.1, 0.15) is 58.0 Å². The van der Waals surface area contributed by atoms with Gasteiger partial charge in [0.2, 0.25) is 0 Å². The normalized spacial score (nSPS) is 23.6. The molecular weight excluding hydrogens is 216 g/mol.